The van der Waals surface area contributed by atoms with E-state index >= 15 is 0 Å². The predicted molar refractivity (Wildman–Crippen MR) is 91.2 cm³/mol. The molecule has 0 atom stereocenters. The van der Waals surface area contributed by atoms with Crippen LogP contribution in [0.25, 0.3) is 6.08 Å². The van der Waals surface area contributed by atoms with Crippen LogP contribution in [0.3, 0.4) is 0 Å². The number of rotatable bonds is 3. The summed E-state index contributed by atoms with van der Waals surface area (Å²) in [6.45, 7) is 3.17. The normalized spacial score (nSPS) is 15.5. The van der Waals surface area contributed by atoms with Crippen LogP contribution >= 0.6 is 0 Å². The van der Waals surface area contributed by atoms with Gasteiger partial charge in [-0.25, -0.2) is 4.98 Å². The van der Waals surface area contributed by atoms with Gasteiger partial charge in [-0.05, 0) is 42.3 Å². The SMILES string of the molecule is CCC1=Cc2cc(N3CCOc4cc(C=O)cnc43)ccc2C1=O. The zero-order valence-electron chi connectivity index (χ0n) is 13.3. The van der Waals surface area contributed by atoms with Crippen LogP contribution < -0.4 is 9.64 Å². The van der Waals surface area contributed by atoms with Gasteiger partial charge in [0.2, 0.25) is 0 Å². The van der Waals surface area contributed by atoms with Gasteiger partial charge in [0, 0.05) is 28.6 Å². The number of carbonyl (C=O) groups excluding carboxylic acids is 2. The highest BCUT2D eigenvalue weighted by molar-refractivity contribution is 6.18. The van der Waals surface area contributed by atoms with E-state index in [0.717, 1.165) is 35.1 Å². The molecule has 1 aliphatic carbocycles. The Morgan fingerprint density at radius 3 is 3.00 bits per heavy atom. The molecule has 120 valence electrons. The molecule has 1 aromatic heterocycles. The number of ether oxygens (including phenoxy) is 1. The Labute approximate surface area is 139 Å². The molecule has 0 amide bonds. The Morgan fingerprint density at radius 1 is 1.33 bits per heavy atom. The highest BCUT2D eigenvalue weighted by atomic mass is 16.5. The second-order valence-corrected chi connectivity index (χ2v) is 5.83. The lowest BCUT2D eigenvalue weighted by molar-refractivity contribution is 0.103. The topological polar surface area (TPSA) is 59.5 Å². The van der Waals surface area contributed by atoms with Crippen molar-refractivity contribution in [2.75, 3.05) is 18.1 Å². The minimum absolute atomic E-state index is 0.121. The number of hydrogen-bond donors (Lipinski definition) is 0. The Bertz CT molecular complexity index is 886. The van der Waals surface area contributed by atoms with Crippen LogP contribution in [-0.2, 0) is 0 Å². The highest BCUT2D eigenvalue weighted by Crippen LogP contribution is 2.37. The Kier molecular flexibility index (Phi) is 3.41. The number of aldehydes is 1. The molecule has 0 radical (unpaired) electrons. The fraction of sp³-hybridized carbons (Fsp3) is 0.211. The van der Waals surface area contributed by atoms with E-state index in [0.29, 0.717) is 30.3 Å². The molecule has 0 fully saturated rings. The second-order valence-electron chi connectivity index (χ2n) is 5.83. The van der Waals surface area contributed by atoms with Gasteiger partial charge in [-0.15, -0.1) is 0 Å². The number of ketones is 1. The van der Waals surface area contributed by atoms with Gasteiger partial charge in [-0.3, -0.25) is 9.59 Å². The van der Waals surface area contributed by atoms with Gasteiger partial charge >= 0.3 is 0 Å². The summed E-state index contributed by atoms with van der Waals surface area (Å²) in [7, 11) is 0. The third-order valence-corrected chi connectivity index (χ3v) is 4.41. The minimum Gasteiger partial charge on any atom is -0.488 e. The number of Topliss-reactive ketones (excluding diaryl/α,β-unsaturated/α-hetero) is 1. The van der Waals surface area contributed by atoms with Crippen LogP contribution in [0.4, 0.5) is 11.5 Å². The van der Waals surface area contributed by atoms with Gasteiger partial charge in [0.25, 0.3) is 0 Å². The number of anilines is 2. The van der Waals surface area contributed by atoms with Gasteiger partial charge in [-0.1, -0.05) is 6.92 Å². The molecule has 0 saturated heterocycles. The molecule has 1 aromatic carbocycles. The van der Waals surface area contributed by atoms with E-state index in [9.17, 15) is 9.59 Å². The summed E-state index contributed by atoms with van der Waals surface area (Å²) in [4.78, 5) is 29.6. The first-order valence-corrected chi connectivity index (χ1v) is 7.96. The molecule has 1 aliphatic heterocycles. The molecule has 5 nitrogen and oxygen atoms in total. The number of allylic oxidation sites excluding steroid dienone is 1. The van der Waals surface area contributed by atoms with Crippen molar-refractivity contribution in [3.05, 3.63) is 52.7 Å². The smallest absolute Gasteiger partial charge is 0.189 e. The summed E-state index contributed by atoms with van der Waals surface area (Å²) in [5, 5.41) is 0. The third kappa shape index (κ3) is 2.21. The fourth-order valence-corrected chi connectivity index (χ4v) is 3.16. The second kappa shape index (κ2) is 5.60. The first-order valence-electron chi connectivity index (χ1n) is 7.96. The maximum absolute atomic E-state index is 12.2. The monoisotopic (exact) mass is 320 g/mol. The van der Waals surface area contributed by atoms with E-state index in [1.165, 1.54) is 0 Å². The van der Waals surface area contributed by atoms with E-state index in [1.807, 2.05) is 31.2 Å². The molecule has 0 unspecified atom stereocenters. The van der Waals surface area contributed by atoms with E-state index in [1.54, 1.807) is 12.3 Å². The molecule has 0 N–H and O–H groups in total. The van der Waals surface area contributed by atoms with E-state index in [-0.39, 0.29) is 5.78 Å². The van der Waals surface area contributed by atoms with Crippen LogP contribution in [0.15, 0.2) is 36.0 Å². The van der Waals surface area contributed by atoms with E-state index in [4.69, 9.17) is 4.74 Å². The largest absolute Gasteiger partial charge is 0.488 e. The number of aromatic nitrogens is 1. The number of fused-ring (bicyclic) bond motifs is 2. The van der Waals surface area contributed by atoms with E-state index in [2.05, 4.69) is 9.88 Å². The van der Waals surface area contributed by atoms with Crippen molar-refractivity contribution < 1.29 is 14.3 Å². The Hall–Kier alpha value is -2.95. The summed E-state index contributed by atoms with van der Waals surface area (Å²) >= 11 is 0. The molecular formula is C19H16N2O3. The molecule has 5 heteroatoms. The van der Waals surface area contributed by atoms with Gasteiger partial charge < -0.3 is 9.64 Å². The van der Waals surface area contributed by atoms with Crippen molar-refractivity contribution in [2.24, 2.45) is 0 Å². The summed E-state index contributed by atoms with van der Waals surface area (Å²) in [6, 6.07) is 7.53. The van der Waals surface area contributed by atoms with Crippen molar-refractivity contribution >= 4 is 29.7 Å². The van der Waals surface area contributed by atoms with Gasteiger partial charge in [0.1, 0.15) is 6.61 Å². The van der Waals surface area contributed by atoms with Crippen molar-refractivity contribution in [3.63, 3.8) is 0 Å². The lowest BCUT2D eigenvalue weighted by Crippen LogP contribution is -2.29. The standard InChI is InChI=1S/C19H16N2O3/c1-2-13-8-14-9-15(3-4-16(14)18(13)23)21-5-6-24-17-7-12(11-22)10-20-19(17)21/h3-4,7-11H,2,5-6H2,1H3. The van der Waals surface area contributed by atoms with Crippen molar-refractivity contribution in [1.82, 2.24) is 4.98 Å². The van der Waals surface area contributed by atoms with Crippen LogP contribution in [-0.4, -0.2) is 30.2 Å². The van der Waals surface area contributed by atoms with Gasteiger partial charge in [0.05, 0.1) is 6.54 Å². The van der Waals surface area contributed by atoms with Gasteiger partial charge in [0.15, 0.2) is 23.6 Å². The zero-order chi connectivity index (χ0) is 16.7. The number of carbonyl (C=O) groups is 2. The Balaban J connectivity index is 1.76. The maximum atomic E-state index is 12.2. The van der Waals surface area contributed by atoms with Crippen molar-refractivity contribution in [2.45, 2.75) is 13.3 Å². The highest BCUT2D eigenvalue weighted by Gasteiger charge is 2.25. The fourth-order valence-electron chi connectivity index (χ4n) is 3.16. The molecule has 24 heavy (non-hydrogen) atoms. The summed E-state index contributed by atoms with van der Waals surface area (Å²) in [5.74, 6) is 1.42. The van der Waals surface area contributed by atoms with Crippen LogP contribution in [0.2, 0.25) is 0 Å². The van der Waals surface area contributed by atoms with Crippen LogP contribution in [0.1, 0.15) is 39.6 Å². The number of benzene rings is 1. The summed E-state index contributed by atoms with van der Waals surface area (Å²) < 4.78 is 5.63. The lowest BCUT2D eigenvalue weighted by Gasteiger charge is -2.30. The summed E-state index contributed by atoms with van der Waals surface area (Å²) in [6.07, 6.45) is 5.00. The molecule has 0 bridgehead atoms. The molecule has 0 saturated carbocycles. The van der Waals surface area contributed by atoms with E-state index < -0.39 is 0 Å². The van der Waals surface area contributed by atoms with Crippen LogP contribution in [0.5, 0.6) is 5.75 Å². The molecule has 2 aliphatic rings. The molecular weight excluding hydrogens is 304 g/mol. The summed E-state index contributed by atoms with van der Waals surface area (Å²) in [5.41, 5.74) is 4.01. The average molecular weight is 320 g/mol. The first-order chi connectivity index (χ1) is 11.7. The minimum atomic E-state index is 0.121. The lowest BCUT2D eigenvalue weighted by atomic mass is 10.1. The average Bonchev–Trinajstić information content (AvgIpc) is 2.96. The van der Waals surface area contributed by atoms with Crippen LogP contribution in [0, 0.1) is 0 Å². The number of nitrogens with zero attached hydrogens (tertiary/aromatic N) is 2. The Morgan fingerprint density at radius 2 is 2.21 bits per heavy atom. The van der Waals surface area contributed by atoms with Crippen molar-refractivity contribution in [1.29, 1.82) is 0 Å². The molecule has 2 heterocycles. The number of hydrogen-bond acceptors (Lipinski definition) is 5. The molecule has 2 aromatic rings. The predicted octanol–water partition coefficient (Wildman–Crippen LogP) is 3.41. The molecule has 0 spiro atoms. The first kappa shape index (κ1) is 14.6. The maximum Gasteiger partial charge on any atom is 0.189 e. The quantitative estimate of drug-likeness (QED) is 0.811. The third-order valence-electron chi connectivity index (χ3n) is 4.41. The van der Waals surface area contributed by atoms with Crippen molar-refractivity contribution in [3.8, 4) is 5.75 Å². The number of pyridine rings is 1. The zero-order valence-corrected chi connectivity index (χ0v) is 13.3. The van der Waals surface area contributed by atoms with Gasteiger partial charge in [-0.2, -0.15) is 0 Å². The molecule has 4 rings (SSSR count).